The summed E-state index contributed by atoms with van der Waals surface area (Å²) in [5, 5.41) is 20.8. The molecule has 2 aliphatic heterocycles. The third kappa shape index (κ3) is 12.8. The Labute approximate surface area is 507 Å². The zero-order valence-corrected chi connectivity index (χ0v) is 49.0. The molecule has 2 aliphatic rings. The van der Waals surface area contributed by atoms with E-state index in [0.717, 1.165) is 33.6 Å². The molecule has 436 valence electrons. The second kappa shape index (κ2) is 26.9. The molecule has 0 aliphatic carbocycles. The van der Waals surface area contributed by atoms with Gasteiger partial charge in [-0.15, -0.1) is 44.9 Å². The van der Waals surface area contributed by atoms with Crippen molar-refractivity contribution in [3.8, 4) is 40.3 Å². The molecule has 22 heteroatoms. The number of anilines is 1. The maximum atomic E-state index is 14.8. The monoisotopic (exact) mass is 1210 g/mol. The second-order valence-corrected chi connectivity index (χ2v) is 21.6. The van der Waals surface area contributed by atoms with Gasteiger partial charge in [0.2, 0.25) is 0 Å². The van der Waals surface area contributed by atoms with Crippen LogP contribution in [0.3, 0.4) is 0 Å². The fourth-order valence-corrected chi connectivity index (χ4v) is 12.0. The summed E-state index contributed by atoms with van der Waals surface area (Å²) in [6.07, 6.45) is 1.51. The number of alkyl halides is 1. The number of benzene rings is 6. The first-order chi connectivity index (χ1) is 42.1. The summed E-state index contributed by atoms with van der Waals surface area (Å²) in [5.74, 6) is 1.04. The molecule has 86 heavy (non-hydrogen) atoms. The standard InChI is InChI=1S/C64H55ClN8O11S2/c1-77-47-25-19-40(20-26-47)34-80-52-31-50(66-33-53(52)81-35-41-21-27-48(78-2)28-22-41)59-71-70-54(84-59)37-83-72-55(51-39-86-63(67-51)69-64(44-13-7-4-8-14-44,45-15-9-5-10-16-45)46-17-11-6-12-18-46)58(74)68-56-60(75)73-57(43(32-65)38-85-61(56)73)62(76)82-36-42-23-29-49(79-3)30-24-42/h4-31,33,39,56,61H,32,34-38H2,1-3H3,(H,67,69)(H,68,74)/b72-55-/t56-,61-/m1/s1. The molecule has 2 N–H and O–H groups in total. The van der Waals surface area contributed by atoms with Crippen molar-refractivity contribution in [1.82, 2.24) is 30.4 Å². The molecule has 9 aromatic rings. The minimum atomic E-state index is -1.09. The molecule has 3 aromatic heterocycles. The summed E-state index contributed by atoms with van der Waals surface area (Å²) < 4.78 is 40.2. The van der Waals surface area contributed by atoms with Gasteiger partial charge in [0.05, 0.1) is 27.5 Å². The number of hydrogen-bond acceptors (Lipinski definition) is 19. The van der Waals surface area contributed by atoms with Crippen LogP contribution in [-0.2, 0) is 55.9 Å². The predicted octanol–water partition coefficient (Wildman–Crippen LogP) is 10.7. The maximum Gasteiger partial charge on any atom is 0.355 e. The molecule has 6 aromatic carbocycles. The van der Waals surface area contributed by atoms with E-state index in [1.54, 1.807) is 57.0 Å². The maximum absolute atomic E-state index is 14.8. The van der Waals surface area contributed by atoms with Gasteiger partial charge in [-0.2, -0.15) is 0 Å². The van der Waals surface area contributed by atoms with Gasteiger partial charge in [0.15, 0.2) is 28.9 Å². The lowest BCUT2D eigenvalue weighted by molar-refractivity contribution is -0.153. The molecule has 1 saturated heterocycles. The Morgan fingerprint density at radius 1 is 0.709 bits per heavy atom. The number of aromatic nitrogens is 4. The highest BCUT2D eigenvalue weighted by atomic mass is 35.5. The predicted molar refractivity (Wildman–Crippen MR) is 324 cm³/mol. The third-order valence-corrected chi connectivity index (χ3v) is 16.5. The summed E-state index contributed by atoms with van der Waals surface area (Å²) in [6.45, 7) is -0.0558. The highest BCUT2D eigenvalue weighted by Crippen LogP contribution is 2.43. The second-order valence-electron chi connectivity index (χ2n) is 19.4. The Morgan fingerprint density at radius 3 is 1.80 bits per heavy atom. The number of oxime groups is 1. The van der Waals surface area contributed by atoms with E-state index in [4.69, 9.17) is 54.3 Å². The fourth-order valence-electron chi connectivity index (χ4n) is 9.60. The van der Waals surface area contributed by atoms with Crippen LogP contribution in [0.25, 0.3) is 11.6 Å². The number of pyridine rings is 1. The van der Waals surface area contributed by atoms with Gasteiger partial charge in [0.25, 0.3) is 23.6 Å². The number of amides is 2. The first kappa shape index (κ1) is 58.1. The lowest BCUT2D eigenvalue weighted by atomic mass is 9.77. The number of thiazole rings is 1. The molecular formula is C64H55ClN8O11S2. The number of nitrogens with one attached hydrogen (secondary N) is 2. The van der Waals surface area contributed by atoms with Gasteiger partial charge in [-0.1, -0.05) is 133 Å². The Bertz CT molecular complexity index is 3780. The number of halogens is 1. The fraction of sp³-hybridized carbons (Fsp3) is 0.188. The molecule has 11 rings (SSSR count). The van der Waals surface area contributed by atoms with Crippen LogP contribution in [0.4, 0.5) is 5.13 Å². The van der Waals surface area contributed by atoms with Gasteiger partial charge < -0.3 is 48.3 Å². The van der Waals surface area contributed by atoms with Crippen LogP contribution in [0.15, 0.2) is 202 Å². The van der Waals surface area contributed by atoms with Gasteiger partial charge in [0.1, 0.15) is 71.1 Å². The number of esters is 1. The lowest BCUT2D eigenvalue weighted by Crippen LogP contribution is -2.71. The topological polar surface area (TPSA) is 220 Å². The molecule has 0 radical (unpaired) electrons. The van der Waals surface area contributed by atoms with Crippen molar-refractivity contribution in [2.45, 2.75) is 43.4 Å². The summed E-state index contributed by atoms with van der Waals surface area (Å²) >= 11 is 8.96. The number of carbonyl (C=O) groups is 3. The zero-order chi connectivity index (χ0) is 59.4. The third-order valence-electron chi connectivity index (χ3n) is 14.1. The number of ether oxygens (including phenoxy) is 6. The van der Waals surface area contributed by atoms with Crippen molar-refractivity contribution in [2.75, 3.05) is 38.3 Å². The highest BCUT2D eigenvalue weighted by molar-refractivity contribution is 8.00. The molecular weight excluding hydrogens is 1160 g/mol. The van der Waals surface area contributed by atoms with Crippen LogP contribution in [0.1, 0.15) is 45.0 Å². The molecule has 1 fully saturated rings. The summed E-state index contributed by atoms with van der Waals surface area (Å²) in [5.41, 5.74) is 4.99. The van der Waals surface area contributed by atoms with Crippen molar-refractivity contribution in [2.24, 2.45) is 5.16 Å². The van der Waals surface area contributed by atoms with Gasteiger partial charge in [-0.25, -0.2) is 14.8 Å². The number of rotatable bonds is 25. The van der Waals surface area contributed by atoms with Crippen LogP contribution in [-0.4, -0.2) is 92.9 Å². The molecule has 0 spiro atoms. The number of carbonyl (C=O) groups excluding carboxylic acids is 3. The van der Waals surface area contributed by atoms with E-state index in [0.29, 0.717) is 45.0 Å². The van der Waals surface area contributed by atoms with Crippen molar-refractivity contribution in [3.63, 3.8) is 0 Å². The van der Waals surface area contributed by atoms with E-state index in [9.17, 15) is 14.4 Å². The Kier molecular flexibility index (Phi) is 18.2. The van der Waals surface area contributed by atoms with Gasteiger partial charge in [-0.3, -0.25) is 14.5 Å². The SMILES string of the molecule is COc1ccc(COC(=O)C2=C(CCl)CS[C@@H]3[C@H](NC(=O)/C(=N\OCc4nnc(-c5cc(OCc6ccc(OC)cc6)c(OCc6ccc(OC)cc6)cn5)o4)c4csc(NC(c5ccccc5)(c5ccccc5)c5ccccc5)n4)C(=O)N23)cc1. The van der Waals surface area contributed by atoms with E-state index >= 15 is 0 Å². The lowest BCUT2D eigenvalue weighted by Gasteiger charge is -2.49. The summed E-state index contributed by atoms with van der Waals surface area (Å²) in [7, 11) is 4.77. The Hall–Kier alpha value is -9.70. The van der Waals surface area contributed by atoms with Crippen LogP contribution in [0, 0.1) is 0 Å². The highest BCUT2D eigenvalue weighted by Gasteiger charge is 2.55. The zero-order valence-electron chi connectivity index (χ0n) is 46.6. The van der Waals surface area contributed by atoms with Gasteiger partial charge in [-0.05, 0) is 75.4 Å². The van der Waals surface area contributed by atoms with Gasteiger partial charge >= 0.3 is 5.97 Å². The van der Waals surface area contributed by atoms with Crippen LogP contribution < -0.4 is 34.3 Å². The molecule has 5 heterocycles. The van der Waals surface area contributed by atoms with E-state index in [2.05, 4.69) is 31.0 Å². The molecule has 19 nitrogen and oxygen atoms in total. The first-order valence-corrected chi connectivity index (χ1v) is 29.4. The van der Waals surface area contributed by atoms with E-state index in [1.165, 1.54) is 34.2 Å². The van der Waals surface area contributed by atoms with Crippen molar-refractivity contribution in [1.29, 1.82) is 0 Å². The Balaban J connectivity index is 0.862. The molecule has 0 bridgehead atoms. The molecule has 2 atom stereocenters. The van der Waals surface area contributed by atoms with Crippen LogP contribution in [0.5, 0.6) is 28.7 Å². The smallest absolute Gasteiger partial charge is 0.355 e. The minimum absolute atomic E-state index is 0.0125. The van der Waals surface area contributed by atoms with Crippen LogP contribution >= 0.6 is 34.7 Å². The number of fused-ring (bicyclic) bond motifs is 1. The molecule has 2 amide bonds. The number of β-lactam (4-membered cyclic amide) rings is 1. The van der Waals surface area contributed by atoms with E-state index in [1.807, 2.05) is 140 Å². The summed E-state index contributed by atoms with van der Waals surface area (Å²) in [4.78, 5) is 59.6. The molecule has 0 unspecified atom stereocenters. The number of thioether (sulfide) groups is 1. The van der Waals surface area contributed by atoms with Crippen molar-refractivity contribution < 1.29 is 52.1 Å². The van der Waals surface area contributed by atoms with E-state index in [-0.39, 0.29) is 60.3 Å². The van der Waals surface area contributed by atoms with Crippen molar-refractivity contribution in [3.05, 3.63) is 238 Å². The van der Waals surface area contributed by atoms with Crippen LogP contribution in [0.2, 0.25) is 0 Å². The van der Waals surface area contributed by atoms with E-state index < -0.39 is 41.3 Å². The Morgan fingerprint density at radius 2 is 1.26 bits per heavy atom. The summed E-state index contributed by atoms with van der Waals surface area (Å²) in [6, 6.07) is 52.5. The average molecular weight is 1210 g/mol. The molecule has 0 saturated carbocycles. The number of hydrogen-bond donors (Lipinski definition) is 2. The largest absolute Gasteiger partial charge is 0.497 e. The number of methoxy groups -OCH3 is 3. The van der Waals surface area contributed by atoms with Gasteiger partial charge in [0, 0.05) is 23.1 Å². The normalized spacial score (nSPS) is 14.8. The number of nitrogens with zero attached hydrogens (tertiary/aromatic N) is 6. The van der Waals surface area contributed by atoms with Crippen molar-refractivity contribution >= 4 is 63.3 Å². The first-order valence-electron chi connectivity index (χ1n) is 26.9. The quantitative estimate of drug-likeness (QED) is 0.0136. The minimum Gasteiger partial charge on any atom is -0.497 e. The average Bonchev–Trinajstić information content (AvgIpc) is 1.28.